The number of aromatic nitrogens is 2. The molecule has 0 aromatic carbocycles. The van der Waals surface area contributed by atoms with Crippen LogP contribution in [0.5, 0.6) is 0 Å². The van der Waals surface area contributed by atoms with Gasteiger partial charge in [-0.3, -0.25) is 4.68 Å². The van der Waals surface area contributed by atoms with Gasteiger partial charge in [0.15, 0.2) is 0 Å². The summed E-state index contributed by atoms with van der Waals surface area (Å²) in [4.78, 5) is 0.158. The minimum atomic E-state index is -3.53. The second kappa shape index (κ2) is 4.40. The van der Waals surface area contributed by atoms with Crippen LogP contribution in [0.25, 0.3) is 0 Å². The summed E-state index contributed by atoms with van der Waals surface area (Å²) in [5.41, 5.74) is 0. The van der Waals surface area contributed by atoms with E-state index in [-0.39, 0.29) is 17.4 Å². The predicted molar refractivity (Wildman–Crippen MR) is 61.8 cm³/mol. The van der Waals surface area contributed by atoms with Crippen LogP contribution >= 0.6 is 0 Å². The van der Waals surface area contributed by atoms with E-state index in [1.165, 1.54) is 28.4 Å². The Morgan fingerprint density at radius 1 is 1.65 bits per heavy atom. The van der Waals surface area contributed by atoms with Gasteiger partial charge in [-0.1, -0.05) is 0 Å². The number of rotatable bonds is 5. The Morgan fingerprint density at radius 2 is 2.29 bits per heavy atom. The van der Waals surface area contributed by atoms with Gasteiger partial charge in [0.1, 0.15) is 4.90 Å². The molecule has 1 N–H and O–H groups in total. The van der Waals surface area contributed by atoms with Gasteiger partial charge in [-0.25, -0.2) is 8.42 Å². The molecule has 17 heavy (non-hydrogen) atoms. The highest BCUT2D eigenvalue weighted by molar-refractivity contribution is 7.89. The van der Waals surface area contributed by atoms with E-state index >= 15 is 0 Å². The molecule has 1 saturated carbocycles. The zero-order chi connectivity index (χ0) is 12.6. The fourth-order valence-corrected chi connectivity index (χ4v) is 2.88. The third-order valence-electron chi connectivity index (χ3n) is 3.00. The monoisotopic (exact) mass is 259 g/mol. The molecule has 0 aliphatic heterocycles. The lowest BCUT2D eigenvalue weighted by atomic mass is 10.2. The van der Waals surface area contributed by atoms with Crippen LogP contribution in [0, 0.1) is 5.92 Å². The van der Waals surface area contributed by atoms with Gasteiger partial charge in [0.2, 0.25) is 10.0 Å². The molecule has 7 heteroatoms. The summed E-state index contributed by atoms with van der Waals surface area (Å²) < 4.78 is 26.8. The molecule has 1 aromatic rings. The van der Waals surface area contributed by atoms with Gasteiger partial charge >= 0.3 is 0 Å². The van der Waals surface area contributed by atoms with Crippen LogP contribution in [0.15, 0.2) is 17.3 Å². The van der Waals surface area contributed by atoms with E-state index < -0.39 is 16.1 Å². The average Bonchev–Trinajstić information content (AvgIpc) is 3.01. The molecule has 6 nitrogen and oxygen atoms in total. The number of hydrogen-bond acceptors (Lipinski definition) is 4. The lowest BCUT2D eigenvalue weighted by Gasteiger charge is -2.19. The largest absolute Gasteiger partial charge is 0.391 e. The Labute approximate surface area is 101 Å². The molecule has 0 spiro atoms. The van der Waals surface area contributed by atoms with Gasteiger partial charge in [-0.05, 0) is 18.8 Å². The first-order chi connectivity index (χ1) is 7.91. The fourth-order valence-electron chi connectivity index (χ4n) is 1.70. The van der Waals surface area contributed by atoms with Crippen LogP contribution in [0.2, 0.25) is 0 Å². The smallest absolute Gasteiger partial charge is 0.246 e. The van der Waals surface area contributed by atoms with Crippen LogP contribution in [-0.4, -0.2) is 47.3 Å². The van der Waals surface area contributed by atoms with Crippen LogP contribution in [0.1, 0.15) is 12.8 Å². The third kappa shape index (κ3) is 2.67. The molecule has 1 unspecified atom stereocenters. The average molecular weight is 259 g/mol. The molecule has 2 rings (SSSR count). The molecule has 1 fully saturated rings. The van der Waals surface area contributed by atoms with Gasteiger partial charge in [0.25, 0.3) is 0 Å². The maximum absolute atomic E-state index is 12.1. The molecule has 0 saturated heterocycles. The number of sulfonamides is 1. The van der Waals surface area contributed by atoms with Crippen molar-refractivity contribution in [2.45, 2.75) is 23.8 Å². The van der Waals surface area contributed by atoms with E-state index in [0.29, 0.717) is 0 Å². The second-order valence-electron chi connectivity index (χ2n) is 4.54. The maximum atomic E-state index is 12.1. The molecule has 96 valence electrons. The van der Waals surface area contributed by atoms with Crippen molar-refractivity contribution < 1.29 is 13.5 Å². The van der Waals surface area contributed by atoms with Crippen molar-refractivity contribution in [3.05, 3.63) is 12.4 Å². The number of nitrogens with zero attached hydrogens (tertiary/aromatic N) is 3. The lowest BCUT2D eigenvalue weighted by molar-refractivity contribution is 0.131. The SMILES string of the molecule is CN(CC(O)C1CC1)S(=O)(=O)c1cnn(C)c1. The van der Waals surface area contributed by atoms with Crippen LogP contribution in [-0.2, 0) is 17.1 Å². The summed E-state index contributed by atoms with van der Waals surface area (Å²) in [6.45, 7) is 0.141. The molecule has 0 bridgehead atoms. The number of aliphatic hydroxyl groups excluding tert-OH is 1. The molecule has 0 radical (unpaired) electrons. The van der Waals surface area contributed by atoms with Crippen LogP contribution in [0.3, 0.4) is 0 Å². The quantitative estimate of drug-likeness (QED) is 0.795. The third-order valence-corrected chi connectivity index (χ3v) is 4.78. The highest BCUT2D eigenvalue weighted by atomic mass is 32.2. The van der Waals surface area contributed by atoms with Gasteiger partial charge in [-0.2, -0.15) is 9.40 Å². The van der Waals surface area contributed by atoms with Crippen molar-refractivity contribution in [2.75, 3.05) is 13.6 Å². The zero-order valence-electron chi connectivity index (χ0n) is 9.94. The topological polar surface area (TPSA) is 75.4 Å². The highest BCUT2D eigenvalue weighted by Crippen LogP contribution is 2.33. The molecule has 1 aliphatic rings. The minimum absolute atomic E-state index is 0.141. The summed E-state index contributed by atoms with van der Waals surface area (Å²) in [6, 6.07) is 0. The predicted octanol–water partition coefficient (Wildman–Crippen LogP) is -0.189. The first kappa shape index (κ1) is 12.5. The zero-order valence-corrected chi connectivity index (χ0v) is 10.8. The van der Waals surface area contributed by atoms with Crippen molar-refractivity contribution in [2.24, 2.45) is 13.0 Å². The van der Waals surface area contributed by atoms with Crippen molar-refractivity contribution in [3.63, 3.8) is 0 Å². The van der Waals surface area contributed by atoms with E-state index in [4.69, 9.17) is 0 Å². The van der Waals surface area contributed by atoms with Crippen molar-refractivity contribution in [1.29, 1.82) is 0 Å². The van der Waals surface area contributed by atoms with Gasteiger partial charge in [-0.15, -0.1) is 0 Å². The van der Waals surface area contributed by atoms with E-state index in [1.807, 2.05) is 0 Å². The normalized spacial score (nSPS) is 18.6. The Bertz CT molecular complexity index is 493. The molecule has 1 atom stereocenters. The molecule has 1 aliphatic carbocycles. The van der Waals surface area contributed by atoms with E-state index in [1.54, 1.807) is 7.05 Å². The summed E-state index contributed by atoms with van der Waals surface area (Å²) >= 11 is 0. The summed E-state index contributed by atoms with van der Waals surface area (Å²) in [5, 5.41) is 13.6. The standard InChI is InChI=1S/C10H17N3O3S/c1-12-6-9(5-11-12)17(15,16)13(2)7-10(14)8-3-4-8/h5-6,8,10,14H,3-4,7H2,1-2H3. The van der Waals surface area contributed by atoms with Gasteiger partial charge in [0.05, 0.1) is 12.3 Å². The number of likely N-dealkylation sites (N-methyl/N-ethyl adjacent to an activating group) is 1. The van der Waals surface area contributed by atoms with E-state index in [0.717, 1.165) is 12.8 Å². The Morgan fingerprint density at radius 3 is 2.76 bits per heavy atom. The number of hydrogen-bond donors (Lipinski definition) is 1. The summed E-state index contributed by atoms with van der Waals surface area (Å²) in [7, 11) is -0.384. The highest BCUT2D eigenvalue weighted by Gasteiger charge is 2.33. The summed E-state index contributed by atoms with van der Waals surface area (Å²) in [5.74, 6) is 0.265. The van der Waals surface area contributed by atoms with Gasteiger partial charge < -0.3 is 5.11 Å². The second-order valence-corrected chi connectivity index (χ2v) is 6.58. The minimum Gasteiger partial charge on any atom is -0.391 e. The number of aliphatic hydroxyl groups is 1. The Kier molecular flexibility index (Phi) is 3.24. The van der Waals surface area contributed by atoms with Crippen molar-refractivity contribution in [3.8, 4) is 0 Å². The first-order valence-corrected chi connectivity index (χ1v) is 6.98. The molecule has 1 heterocycles. The van der Waals surface area contributed by atoms with Gasteiger partial charge in [0, 0.05) is 26.8 Å². The lowest BCUT2D eigenvalue weighted by Crippen LogP contribution is -2.35. The molecular formula is C10H17N3O3S. The molecular weight excluding hydrogens is 242 g/mol. The van der Waals surface area contributed by atoms with E-state index in [9.17, 15) is 13.5 Å². The maximum Gasteiger partial charge on any atom is 0.246 e. The Hall–Kier alpha value is -0.920. The van der Waals surface area contributed by atoms with Crippen molar-refractivity contribution in [1.82, 2.24) is 14.1 Å². The molecule has 1 aromatic heterocycles. The van der Waals surface area contributed by atoms with Crippen molar-refractivity contribution >= 4 is 10.0 Å². The first-order valence-electron chi connectivity index (χ1n) is 5.54. The van der Waals surface area contributed by atoms with E-state index in [2.05, 4.69) is 5.10 Å². The molecule has 0 amide bonds. The fraction of sp³-hybridized carbons (Fsp3) is 0.700. The summed E-state index contributed by atoms with van der Waals surface area (Å²) in [6.07, 6.45) is 4.18. The number of aryl methyl sites for hydroxylation is 1. The Balaban J connectivity index is 2.09. The van der Waals surface area contributed by atoms with Crippen LogP contribution in [0.4, 0.5) is 0 Å². The van der Waals surface area contributed by atoms with Crippen LogP contribution < -0.4 is 0 Å².